The van der Waals surface area contributed by atoms with Crippen molar-refractivity contribution in [1.82, 2.24) is 10.6 Å². The van der Waals surface area contributed by atoms with Crippen LogP contribution in [-0.4, -0.2) is 35.1 Å². The van der Waals surface area contributed by atoms with Gasteiger partial charge in [-0.2, -0.15) is 0 Å². The van der Waals surface area contributed by atoms with Gasteiger partial charge in [0.1, 0.15) is 0 Å². The highest BCUT2D eigenvalue weighted by Crippen LogP contribution is 2.22. The van der Waals surface area contributed by atoms with Gasteiger partial charge in [0.2, 0.25) is 0 Å². The number of aliphatic hydroxyl groups excluding tert-OH is 1. The average molecular weight is 269 g/mol. The Kier molecular flexibility index (Phi) is 4.18. The van der Waals surface area contributed by atoms with Crippen LogP contribution in [0.1, 0.15) is 23.2 Å². The molecule has 0 aliphatic carbocycles. The number of piperidine rings is 1. The number of carbonyl (C=O) groups is 1. The van der Waals surface area contributed by atoms with Crippen molar-refractivity contribution < 1.29 is 19.2 Å². The molecule has 0 unspecified atom stereocenters. The van der Waals surface area contributed by atoms with Crippen LogP contribution in [0.3, 0.4) is 0 Å². The van der Waals surface area contributed by atoms with E-state index in [0.29, 0.717) is 31.5 Å². The van der Waals surface area contributed by atoms with E-state index in [2.05, 4.69) is 4.84 Å². The molecule has 1 fully saturated rings. The van der Waals surface area contributed by atoms with Crippen LogP contribution in [0.2, 0.25) is 0 Å². The highest BCUT2D eigenvalue weighted by molar-refractivity contribution is 5.99. The monoisotopic (exact) mass is 269 g/mol. The van der Waals surface area contributed by atoms with Gasteiger partial charge in [-0.1, -0.05) is 4.48 Å². The van der Waals surface area contributed by atoms with Crippen molar-refractivity contribution in [3.05, 3.63) is 23.8 Å². The molecule has 19 heavy (non-hydrogen) atoms. The Morgan fingerprint density at radius 2 is 2.16 bits per heavy atom. The maximum absolute atomic E-state index is 12.2. The van der Waals surface area contributed by atoms with E-state index in [4.69, 9.17) is 5.73 Å². The van der Waals surface area contributed by atoms with Crippen molar-refractivity contribution >= 4 is 11.6 Å². The molecule has 0 atom stereocenters. The van der Waals surface area contributed by atoms with E-state index in [9.17, 15) is 14.4 Å². The summed E-state index contributed by atoms with van der Waals surface area (Å²) < 4.78 is 11.8. The lowest BCUT2D eigenvalue weighted by Crippen LogP contribution is -2.40. The molecule has 1 amide bonds. The zero-order valence-electron chi connectivity index (χ0n) is 10.3. The first-order valence-corrected chi connectivity index (χ1v) is 6.01. The van der Waals surface area contributed by atoms with Gasteiger partial charge >= 0.3 is 0 Å². The number of nitrogens with zero attached hydrogens (tertiary/aromatic N) is 1. The van der Waals surface area contributed by atoms with E-state index in [-0.39, 0.29) is 23.4 Å². The second-order valence-corrected chi connectivity index (χ2v) is 4.45. The van der Waals surface area contributed by atoms with Crippen LogP contribution in [0.4, 0.5) is 10.2 Å². The van der Waals surface area contributed by atoms with Crippen LogP contribution in [0, 0.1) is 0 Å². The topological polar surface area (TPSA) is 87.8 Å². The van der Waals surface area contributed by atoms with E-state index in [1.807, 2.05) is 0 Å². The molecular weight excluding hydrogens is 253 g/mol. The summed E-state index contributed by atoms with van der Waals surface area (Å²) in [6.45, 7) is 1.01. The number of carbonyl (C=O) groups excluding carboxylic acids is 1. The number of hydrogen-bond acceptors (Lipinski definition) is 5. The molecule has 1 aliphatic rings. The molecule has 0 bridgehead atoms. The molecule has 6 nitrogen and oxygen atoms in total. The number of amides is 1. The van der Waals surface area contributed by atoms with Gasteiger partial charge in [0.05, 0.1) is 11.7 Å². The molecule has 0 aromatic heterocycles. The molecule has 2 rings (SSSR count). The molecule has 0 radical (unpaired) electrons. The number of anilines is 1. The minimum atomic E-state index is -0.340. The maximum Gasteiger partial charge on any atom is 0.255 e. The summed E-state index contributed by atoms with van der Waals surface area (Å²) in [7, 11) is 0. The first-order chi connectivity index (χ1) is 9.11. The van der Waals surface area contributed by atoms with E-state index >= 15 is 0 Å². The van der Waals surface area contributed by atoms with Gasteiger partial charge in [0, 0.05) is 30.5 Å². The first kappa shape index (κ1) is 13.6. The molecule has 1 aliphatic heterocycles. The lowest BCUT2D eigenvalue weighted by Gasteiger charge is -2.30. The van der Waals surface area contributed by atoms with Gasteiger partial charge in [-0.05, 0) is 25.0 Å². The molecule has 7 heteroatoms. The summed E-state index contributed by atoms with van der Waals surface area (Å²) in [4.78, 5) is 18.3. The second-order valence-electron chi connectivity index (χ2n) is 4.45. The van der Waals surface area contributed by atoms with Gasteiger partial charge in [-0.15, -0.1) is 0 Å². The molecule has 1 aromatic rings. The number of aliphatic hydroxyl groups is 1. The van der Waals surface area contributed by atoms with Crippen LogP contribution in [0.15, 0.2) is 18.2 Å². The summed E-state index contributed by atoms with van der Waals surface area (Å²) in [6, 6.07) is 4.32. The van der Waals surface area contributed by atoms with Crippen LogP contribution in [0.25, 0.3) is 0 Å². The minimum Gasteiger partial charge on any atom is -0.398 e. The quantitative estimate of drug-likeness (QED) is 0.425. The third-order valence-corrected chi connectivity index (χ3v) is 3.16. The highest BCUT2D eigenvalue weighted by Gasteiger charge is 2.23. The van der Waals surface area contributed by atoms with Gasteiger partial charge in [-0.25, -0.2) is 0 Å². The Labute approximate surface area is 109 Å². The summed E-state index contributed by atoms with van der Waals surface area (Å²) in [5.41, 5.74) is 7.38. The maximum atomic E-state index is 12.2. The van der Waals surface area contributed by atoms with Crippen LogP contribution >= 0.6 is 0 Å². The number of likely N-dealkylation sites (tertiary alicyclic amines) is 1. The summed E-state index contributed by atoms with van der Waals surface area (Å²) in [6.07, 6.45) is 0.796. The number of nitrogen functional groups attached to an aromatic ring is 1. The van der Waals surface area contributed by atoms with E-state index < -0.39 is 0 Å². The molecule has 0 saturated carbocycles. The predicted molar refractivity (Wildman–Crippen MR) is 66.9 cm³/mol. The largest absolute Gasteiger partial charge is 0.398 e. The van der Waals surface area contributed by atoms with Gasteiger partial charge < -0.3 is 20.6 Å². The van der Waals surface area contributed by atoms with E-state index in [1.54, 1.807) is 4.90 Å². The minimum absolute atomic E-state index is 0.186. The second kappa shape index (κ2) is 5.85. The van der Waals surface area contributed by atoms with Crippen molar-refractivity contribution in [2.75, 3.05) is 18.8 Å². The normalized spacial score (nSPS) is 16.4. The number of halogens is 1. The number of hydrogen-bond donors (Lipinski definition) is 3. The average Bonchev–Trinajstić information content (AvgIpc) is 2.39. The number of nitrogens with two attached hydrogens (primary N) is 1. The smallest absolute Gasteiger partial charge is 0.255 e. The fraction of sp³-hybridized carbons (Fsp3) is 0.417. The van der Waals surface area contributed by atoms with E-state index in [1.165, 1.54) is 18.2 Å². The Morgan fingerprint density at radius 3 is 2.74 bits per heavy atom. The number of rotatable bonds is 3. The zero-order chi connectivity index (χ0) is 13.8. The van der Waals surface area contributed by atoms with Crippen molar-refractivity contribution in [3.63, 3.8) is 0 Å². The Morgan fingerprint density at radius 1 is 1.47 bits per heavy atom. The Hall–Kier alpha value is -1.86. The lowest BCUT2D eigenvalue weighted by molar-refractivity contribution is 0.0451. The SMILES string of the molecule is Nc1cc(ONF)ccc1C(=O)N1CCC(O)CC1. The zero-order valence-corrected chi connectivity index (χ0v) is 10.3. The Balaban J connectivity index is 2.10. The molecule has 1 aromatic carbocycles. The third-order valence-electron chi connectivity index (χ3n) is 3.16. The van der Waals surface area contributed by atoms with Crippen molar-refractivity contribution in [2.24, 2.45) is 0 Å². The third kappa shape index (κ3) is 3.12. The Bertz CT molecular complexity index is 462. The number of nitrogens with one attached hydrogen (secondary N) is 1. The standard InChI is InChI=1S/C12H16FN3O3/c13-15-19-9-1-2-10(11(14)7-9)12(18)16-5-3-8(17)4-6-16/h1-2,7-8,15,17H,3-6,14H2. The molecule has 1 saturated heterocycles. The van der Waals surface area contributed by atoms with Crippen molar-refractivity contribution in [3.8, 4) is 5.75 Å². The molecule has 1 heterocycles. The van der Waals surface area contributed by atoms with Gasteiger partial charge in [-0.3, -0.25) is 4.79 Å². The van der Waals surface area contributed by atoms with Crippen LogP contribution in [0.5, 0.6) is 5.75 Å². The summed E-state index contributed by atoms with van der Waals surface area (Å²) in [5.74, 6) is -0.00484. The van der Waals surface area contributed by atoms with Crippen molar-refractivity contribution in [1.29, 1.82) is 0 Å². The molecule has 104 valence electrons. The lowest BCUT2D eigenvalue weighted by atomic mass is 10.1. The summed E-state index contributed by atoms with van der Waals surface area (Å²) >= 11 is 0. The van der Waals surface area contributed by atoms with Gasteiger partial charge in [0.25, 0.3) is 5.91 Å². The summed E-state index contributed by atoms with van der Waals surface area (Å²) in [5, 5.41) is 9.41. The predicted octanol–water partition coefficient (Wildman–Crippen LogP) is 0.634. The van der Waals surface area contributed by atoms with Crippen LogP contribution in [-0.2, 0) is 0 Å². The van der Waals surface area contributed by atoms with Crippen LogP contribution < -0.4 is 16.3 Å². The fourth-order valence-corrected chi connectivity index (χ4v) is 2.08. The molecule has 4 N–H and O–H groups in total. The first-order valence-electron chi connectivity index (χ1n) is 6.01. The molecule has 0 spiro atoms. The van der Waals surface area contributed by atoms with E-state index in [0.717, 1.165) is 5.70 Å². The molecular formula is C12H16FN3O3. The highest BCUT2D eigenvalue weighted by atomic mass is 19.2. The van der Waals surface area contributed by atoms with Crippen molar-refractivity contribution in [2.45, 2.75) is 18.9 Å². The number of benzene rings is 1. The fourth-order valence-electron chi connectivity index (χ4n) is 2.08. The van der Waals surface area contributed by atoms with Gasteiger partial charge in [0.15, 0.2) is 5.75 Å².